The first-order valence-corrected chi connectivity index (χ1v) is 14.6. The number of morpholine rings is 1. The number of fused-ring (bicyclic) bond motifs is 3. The number of aromatic amines is 1. The van der Waals surface area contributed by atoms with Crippen molar-refractivity contribution in [3.63, 3.8) is 0 Å². The van der Waals surface area contributed by atoms with Gasteiger partial charge in [0.05, 0.1) is 40.3 Å². The Morgan fingerprint density at radius 2 is 1.81 bits per heavy atom. The summed E-state index contributed by atoms with van der Waals surface area (Å²) in [6.45, 7) is 13.1. The van der Waals surface area contributed by atoms with Gasteiger partial charge in [-0.15, -0.1) is 11.3 Å². The maximum Gasteiger partial charge on any atom is 0.0968 e. The van der Waals surface area contributed by atoms with E-state index in [-0.39, 0.29) is 0 Å². The molecular weight excluding hydrogens is 480 g/mol. The fraction of sp³-hybridized carbons (Fsp3) is 0.483. The minimum atomic E-state index is 0.482. The van der Waals surface area contributed by atoms with Crippen LogP contribution in [0, 0.1) is 0 Å². The first-order valence-electron chi connectivity index (χ1n) is 13.7. The van der Waals surface area contributed by atoms with E-state index in [2.05, 4.69) is 63.0 Å². The van der Waals surface area contributed by atoms with Crippen LogP contribution in [0.4, 0.5) is 5.69 Å². The highest BCUT2D eigenvalue weighted by atomic mass is 32.1. The number of piperazine rings is 1. The summed E-state index contributed by atoms with van der Waals surface area (Å²) in [7, 11) is 0. The number of hydrogen-bond acceptors (Lipinski definition) is 7. The Balaban J connectivity index is 1.23. The topological polar surface area (TPSA) is 73.7 Å². The summed E-state index contributed by atoms with van der Waals surface area (Å²) >= 11 is 1.86. The molecule has 8 heteroatoms. The minimum absolute atomic E-state index is 0.482. The van der Waals surface area contributed by atoms with Crippen LogP contribution in [-0.4, -0.2) is 78.8 Å². The molecule has 0 bridgehead atoms. The van der Waals surface area contributed by atoms with Gasteiger partial charge in [0.25, 0.3) is 0 Å². The van der Waals surface area contributed by atoms with Gasteiger partial charge in [0.2, 0.25) is 0 Å². The van der Waals surface area contributed by atoms with Gasteiger partial charge < -0.3 is 25.3 Å². The predicted molar refractivity (Wildman–Crippen MR) is 154 cm³/mol. The number of nitrogens with zero attached hydrogens (tertiary/aromatic N) is 4. The van der Waals surface area contributed by atoms with Gasteiger partial charge in [-0.25, -0.2) is 4.98 Å². The number of pyridine rings is 1. The lowest BCUT2D eigenvalue weighted by molar-refractivity contribution is 0.122. The zero-order chi connectivity index (χ0) is 25.2. The van der Waals surface area contributed by atoms with Crippen molar-refractivity contribution in [3.05, 3.63) is 46.8 Å². The molecule has 0 unspecified atom stereocenters. The maximum absolute atomic E-state index is 6.22. The molecule has 0 atom stereocenters. The van der Waals surface area contributed by atoms with E-state index in [9.17, 15) is 0 Å². The molecule has 2 aliphatic rings. The normalized spacial score (nSPS) is 17.8. The number of nitrogens with one attached hydrogen (secondary N) is 1. The Bertz CT molecular complexity index is 1350. The van der Waals surface area contributed by atoms with Crippen LogP contribution < -0.4 is 10.6 Å². The molecule has 0 aliphatic carbocycles. The molecule has 4 aromatic rings. The van der Waals surface area contributed by atoms with Gasteiger partial charge in [0.15, 0.2) is 0 Å². The van der Waals surface area contributed by atoms with Crippen molar-refractivity contribution in [2.45, 2.75) is 32.9 Å². The summed E-state index contributed by atoms with van der Waals surface area (Å²) in [6.07, 6.45) is 2.58. The number of nitrogens with two attached hydrogens (primary N) is 1. The van der Waals surface area contributed by atoms with Crippen LogP contribution in [0.25, 0.3) is 32.5 Å². The molecule has 3 N–H and O–H groups in total. The highest BCUT2D eigenvalue weighted by Crippen LogP contribution is 2.34. The van der Waals surface area contributed by atoms with Crippen LogP contribution in [0.2, 0.25) is 0 Å². The largest absolute Gasteiger partial charge is 0.378 e. The average molecular weight is 519 g/mol. The molecule has 2 saturated heterocycles. The van der Waals surface area contributed by atoms with Crippen LogP contribution in [0.1, 0.15) is 30.2 Å². The number of hydrogen-bond donors (Lipinski definition) is 2. The van der Waals surface area contributed by atoms with Crippen LogP contribution in [0.15, 0.2) is 36.4 Å². The summed E-state index contributed by atoms with van der Waals surface area (Å²) in [4.78, 5) is 19.0. The fourth-order valence-electron chi connectivity index (χ4n) is 5.59. The first kappa shape index (κ1) is 24.8. The van der Waals surface area contributed by atoms with Gasteiger partial charge in [0, 0.05) is 68.3 Å². The number of H-pyrrole nitrogens is 1. The van der Waals surface area contributed by atoms with E-state index in [1.807, 2.05) is 11.3 Å². The van der Waals surface area contributed by atoms with Gasteiger partial charge >= 0.3 is 0 Å². The van der Waals surface area contributed by atoms with E-state index < -0.39 is 0 Å². The van der Waals surface area contributed by atoms with Crippen LogP contribution >= 0.6 is 11.3 Å². The Hall–Kier alpha value is -2.49. The molecular formula is C29H38N6OS. The van der Waals surface area contributed by atoms with E-state index in [4.69, 9.17) is 15.5 Å². The van der Waals surface area contributed by atoms with Gasteiger partial charge in [0.1, 0.15) is 0 Å². The quantitative estimate of drug-likeness (QED) is 0.354. The van der Waals surface area contributed by atoms with Gasteiger partial charge in [-0.3, -0.25) is 4.90 Å². The molecule has 1 aromatic carbocycles. The lowest BCUT2D eigenvalue weighted by Gasteiger charge is -2.34. The van der Waals surface area contributed by atoms with Crippen LogP contribution in [-0.2, 0) is 17.8 Å². The monoisotopic (exact) mass is 518 g/mol. The van der Waals surface area contributed by atoms with E-state index >= 15 is 0 Å². The lowest BCUT2D eigenvalue weighted by atomic mass is 10.1. The van der Waals surface area contributed by atoms with Crippen LogP contribution in [0.3, 0.4) is 0 Å². The predicted octanol–water partition coefficient (Wildman–Crippen LogP) is 4.66. The Labute approximate surface area is 223 Å². The Morgan fingerprint density at radius 3 is 2.59 bits per heavy atom. The fourth-order valence-corrected chi connectivity index (χ4v) is 6.60. The molecule has 0 radical (unpaired) electrons. The average Bonchev–Trinajstić information content (AvgIpc) is 3.57. The third-order valence-corrected chi connectivity index (χ3v) is 8.89. The van der Waals surface area contributed by atoms with E-state index in [1.54, 1.807) is 0 Å². The number of ether oxygens (including phenoxy) is 1. The van der Waals surface area contributed by atoms with Gasteiger partial charge in [-0.2, -0.15) is 0 Å². The standard InChI is InChI=1S/C29H38N6OS/c1-2-3-8-33-9-11-34(12-10-33)20-23-5-7-27(37-23)26-17-21(19-30)28-29(32-26)24-6-4-22(18-25(24)31-28)35-13-15-36-16-14-35/h4-7,17-18,31H,2-3,8-16,19-20,30H2,1H3. The van der Waals surface area contributed by atoms with Crippen molar-refractivity contribution in [2.24, 2.45) is 5.73 Å². The number of anilines is 1. The summed E-state index contributed by atoms with van der Waals surface area (Å²) in [6, 6.07) is 13.3. The van der Waals surface area contributed by atoms with Crippen molar-refractivity contribution in [3.8, 4) is 10.6 Å². The smallest absolute Gasteiger partial charge is 0.0968 e. The lowest BCUT2D eigenvalue weighted by Crippen LogP contribution is -2.45. The second-order valence-electron chi connectivity index (χ2n) is 10.3. The number of thiophene rings is 1. The Morgan fingerprint density at radius 1 is 1.00 bits per heavy atom. The van der Waals surface area contributed by atoms with Crippen molar-refractivity contribution in [1.29, 1.82) is 0 Å². The summed E-state index contributed by atoms with van der Waals surface area (Å²) in [5, 5.41) is 1.15. The molecule has 0 saturated carbocycles. The number of aromatic nitrogens is 2. The highest BCUT2D eigenvalue weighted by Gasteiger charge is 2.19. The number of unbranched alkanes of at least 4 members (excludes halogenated alkanes) is 1. The van der Waals surface area contributed by atoms with E-state index in [0.717, 1.165) is 79.1 Å². The molecule has 2 fully saturated rings. The second kappa shape index (κ2) is 11.1. The zero-order valence-electron chi connectivity index (χ0n) is 21.8. The molecule has 0 amide bonds. The molecule has 196 valence electrons. The van der Waals surface area contributed by atoms with E-state index in [0.29, 0.717) is 6.54 Å². The maximum atomic E-state index is 6.22. The van der Waals surface area contributed by atoms with Gasteiger partial charge in [-0.1, -0.05) is 13.3 Å². The third-order valence-electron chi connectivity index (χ3n) is 7.80. The van der Waals surface area contributed by atoms with Crippen LogP contribution in [0.5, 0.6) is 0 Å². The molecule has 3 aromatic heterocycles. The number of rotatable bonds is 8. The van der Waals surface area contributed by atoms with Crippen molar-refractivity contribution < 1.29 is 4.74 Å². The van der Waals surface area contributed by atoms with Crippen molar-refractivity contribution in [1.82, 2.24) is 19.8 Å². The number of benzene rings is 1. The second-order valence-corrected chi connectivity index (χ2v) is 11.5. The van der Waals surface area contributed by atoms with Crippen molar-refractivity contribution in [2.75, 3.05) is 63.9 Å². The summed E-state index contributed by atoms with van der Waals surface area (Å²) in [5.74, 6) is 0. The highest BCUT2D eigenvalue weighted by molar-refractivity contribution is 7.15. The molecule has 2 aliphatic heterocycles. The molecule has 5 heterocycles. The molecule has 37 heavy (non-hydrogen) atoms. The van der Waals surface area contributed by atoms with E-state index in [1.165, 1.54) is 47.9 Å². The summed E-state index contributed by atoms with van der Waals surface area (Å²) in [5.41, 5.74) is 12.8. The molecule has 7 nitrogen and oxygen atoms in total. The molecule has 0 spiro atoms. The zero-order valence-corrected chi connectivity index (χ0v) is 22.7. The third kappa shape index (κ3) is 5.26. The Kier molecular flexibility index (Phi) is 7.44. The first-order chi connectivity index (χ1) is 18.2. The van der Waals surface area contributed by atoms with Crippen molar-refractivity contribution >= 4 is 39.0 Å². The summed E-state index contributed by atoms with van der Waals surface area (Å²) < 4.78 is 5.53. The van der Waals surface area contributed by atoms with Gasteiger partial charge in [-0.05, 0) is 54.9 Å². The SMILES string of the molecule is CCCCN1CCN(Cc2ccc(-c3cc(CN)c4[nH]c5cc(N6CCOCC6)ccc5c4n3)s2)CC1. The minimum Gasteiger partial charge on any atom is -0.378 e. The molecule has 6 rings (SSSR count).